The summed E-state index contributed by atoms with van der Waals surface area (Å²) in [5.41, 5.74) is 3.91. The minimum Gasteiger partial charge on any atom is -0.357 e. The number of nitrogens with zero attached hydrogens (tertiary/aromatic N) is 1. The van der Waals surface area contributed by atoms with Crippen molar-refractivity contribution in [3.05, 3.63) is 107 Å². The highest BCUT2D eigenvalue weighted by Crippen LogP contribution is 2.48. The topological polar surface area (TPSA) is 49.4 Å². The zero-order chi connectivity index (χ0) is 30.9. The quantitative estimate of drug-likeness (QED) is 0.292. The molecule has 0 saturated carbocycles. The number of carbonyl (C=O) groups excluding carboxylic acids is 2. The number of carbonyl (C=O) groups is 2. The summed E-state index contributed by atoms with van der Waals surface area (Å²) in [6, 6.07) is 19.9. The van der Waals surface area contributed by atoms with E-state index in [4.69, 9.17) is 0 Å². The van der Waals surface area contributed by atoms with Gasteiger partial charge in [0.05, 0.1) is 28.9 Å². The Labute approximate surface area is 252 Å². The van der Waals surface area contributed by atoms with Crippen molar-refractivity contribution in [2.45, 2.75) is 83.4 Å². The number of fused-ring (bicyclic) bond motifs is 2. The number of ketones is 1. The van der Waals surface area contributed by atoms with E-state index in [1.807, 2.05) is 24.3 Å². The molecule has 5 rings (SSSR count). The molecule has 0 bridgehead atoms. The van der Waals surface area contributed by atoms with Crippen LogP contribution >= 0.6 is 0 Å². The molecule has 43 heavy (non-hydrogen) atoms. The Kier molecular flexibility index (Phi) is 8.55. The maximum Gasteiger partial charge on any atom is 0.416 e. The van der Waals surface area contributed by atoms with Crippen molar-refractivity contribution in [3.8, 4) is 0 Å². The molecule has 0 saturated heterocycles. The average molecular weight is 589 g/mol. The van der Waals surface area contributed by atoms with Gasteiger partial charge in [-0.1, -0.05) is 95.1 Å². The lowest BCUT2D eigenvalue weighted by molar-refractivity contribution is -0.137. The van der Waals surface area contributed by atoms with E-state index < -0.39 is 23.7 Å². The van der Waals surface area contributed by atoms with Gasteiger partial charge in [-0.05, 0) is 52.8 Å². The van der Waals surface area contributed by atoms with E-state index in [0.29, 0.717) is 29.1 Å². The van der Waals surface area contributed by atoms with Crippen molar-refractivity contribution < 1.29 is 22.8 Å². The number of unbranched alkanes of at least 4 members (excludes halogenated alkanes) is 2. The number of hydrogen-bond acceptors (Lipinski definition) is 3. The van der Waals surface area contributed by atoms with E-state index in [1.165, 1.54) is 17.7 Å². The summed E-state index contributed by atoms with van der Waals surface area (Å²) in [5, 5.41) is 3.48. The molecule has 4 nitrogen and oxygen atoms in total. The van der Waals surface area contributed by atoms with E-state index in [1.54, 1.807) is 4.90 Å². The van der Waals surface area contributed by atoms with Gasteiger partial charge in [0.15, 0.2) is 0 Å². The molecule has 1 aliphatic carbocycles. The number of benzene rings is 3. The smallest absolute Gasteiger partial charge is 0.357 e. The summed E-state index contributed by atoms with van der Waals surface area (Å²) < 4.78 is 40.5. The summed E-state index contributed by atoms with van der Waals surface area (Å²) in [5.74, 6) is -1.14. The van der Waals surface area contributed by atoms with Crippen LogP contribution < -0.4 is 10.2 Å². The van der Waals surface area contributed by atoms with Gasteiger partial charge in [-0.3, -0.25) is 9.59 Å². The first-order valence-corrected chi connectivity index (χ1v) is 15.1. The molecule has 1 amide bonds. The van der Waals surface area contributed by atoms with Crippen molar-refractivity contribution >= 4 is 23.1 Å². The third-order valence-corrected chi connectivity index (χ3v) is 8.57. The highest BCUT2D eigenvalue weighted by molar-refractivity contribution is 6.01. The molecule has 1 heterocycles. The Morgan fingerprint density at radius 2 is 1.51 bits per heavy atom. The van der Waals surface area contributed by atoms with Gasteiger partial charge in [0.25, 0.3) is 0 Å². The van der Waals surface area contributed by atoms with Crippen LogP contribution in [0.15, 0.2) is 84.6 Å². The Bertz CT molecular complexity index is 1500. The fraction of sp³-hybridized carbons (Fsp3) is 0.389. The SMILES string of the molecule is CCCCCC(=O)N1c2ccccc2NC2=C[C@@H](c3ccc(C(C)(C)C)cc3)CC(=O)[C@@H]2[C@@H]1c1ccc(C(F)(F)F)cc1. The van der Waals surface area contributed by atoms with Crippen LogP contribution in [0.25, 0.3) is 0 Å². The summed E-state index contributed by atoms with van der Waals surface area (Å²) in [4.78, 5) is 29.8. The maximum atomic E-state index is 14.2. The molecule has 7 heteroatoms. The van der Waals surface area contributed by atoms with E-state index in [2.05, 4.69) is 63.4 Å². The zero-order valence-electron chi connectivity index (χ0n) is 25.2. The van der Waals surface area contributed by atoms with Gasteiger partial charge in [-0.2, -0.15) is 13.2 Å². The lowest BCUT2D eigenvalue weighted by Gasteiger charge is -2.38. The normalized spacial score (nSPS) is 20.4. The largest absolute Gasteiger partial charge is 0.416 e. The highest BCUT2D eigenvalue weighted by Gasteiger charge is 2.45. The van der Waals surface area contributed by atoms with E-state index >= 15 is 0 Å². The minimum absolute atomic E-state index is 0.000955. The lowest BCUT2D eigenvalue weighted by Crippen LogP contribution is -2.42. The van der Waals surface area contributed by atoms with Gasteiger partial charge in [-0.15, -0.1) is 0 Å². The zero-order valence-corrected chi connectivity index (χ0v) is 25.2. The van der Waals surface area contributed by atoms with Crippen LogP contribution in [-0.4, -0.2) is 11.7 Å². The Balaban J connectivity index is 1.63. The van der Waals surface area contributed by atoms with Gasteiger partial charge >= 0.3 is 6.18 Å². The van der Waals surface area contributed by atoms with Crippen LogP contribution in [0.5, 0.6) is 0 Å². The molecule has 1 N–H and O–H groups in total. The van der Waals surface area contributed by atoms with Crippen molar-refractivity contribution in [2.75, 3.05) is 10.2 Å². The first kappa shape index (κ1) is 30.6. The second-order valence-corrected chi connectivity index (χ2v) is 12.7. The standard InChI is InChI=1S/C36H39F3N2O2/c1-5-6-7-12-32(43)41-30-11-9-8-10-28(30)40-29-21-25(23-13-17-26(18-14-23)35(2,3)4)22-31(42)33(29)34(41)24-15-19-27(20-16-24)36(37,38)39/h8-11,13-21,25,33-34,40H,5-7,12,22H2,1-4H3/t25-,33-,34+/m1/s1. The fourth-order valence-corrected chi connectivity index (χ4v) is 6.20. The lowest BCUT2D eigenvalue weighted by atomic mass is 9.75. The summed E-state index contributed by atoms with van der Waals surface area (Å²) >= 11 is 0. The number of rotatable bonds is 6. The van der Waals surface area contributed by atoms with Crippen LogP contribution in [-0.2, 0) is 21.2 Å². The van der Waals surface area contributed by atoms with E-state index in [0.717, 1.165) is 30.5 Å². The molecule has 0 fully saturated rings. The second kappa shape index (κ2) is 12.0. The number of para-hydroxylation sites is 2. The highest BCUT2D eigenvalue weighted by atomic mass is 19.4. The first-order chi connectivity index (χ1) is 20.4. The second-order valence-electron chi connectivity index (χ2n) is 12.7. The molecule has 0 radical (unpaired) electrons. The van der Waals surface area contributed by atoms with Gasteiger partial charge in [0, 0.05) is 24.5 Å². The molecule has 1 aliphatic heterocycles. The number of hydrogen-bond donors (Lipinski definition) is 1. The number of alkyl halides is 3. The Morgan fingerprint density at radius 3 is 2.14 bits per heavy atom. The number of halogens is 3. The van der Waals surface area contributed by atoms with Gasteiger partial charge in [-0.25, -0.2) is 0 Å². The van der Waals surface area contributed by atoms with E-state index in [-0.39, 0.29) is 35.9 Å². The Morgan fingerprint density at radius 1 is 0.884 bits per heavy atom. The minimum atomic E-state index is -4.49. The monoisotopic (exact) mass is 588 g/mol. The van der Waals surface area contributed by atoms with Crippen LogP contribution in [0.4, 0.5) is 24.5 Å². The molecule has 0 spiro atoms. The van der Waals surface area contributed by atoms with Crippen LogP contribution in [0.1, 0.15) is 94.0 Å². The molecule has 2 aliphatic rings. The summed E-state index contributed by atoms with van der Waals surface area (Å²) in [6.45, 7) is 8.53. The molecular formula is C36H39F3N2O2. The van der Waals surface area contributed by atoms with Crippen LogP contribution in [0.2, 0.25) is 0 Å². The molecule has 0 unspecified atom stereocenters. The summed E-state index contributed by atoms with van der Waals surface area (Å²) in [6.07, 6.45) is 0.602. The number of amides is 1. The van der Waals surface area contributed by atoms with Crippen molar-refractivity contribution in [1.29, 1.82) is 0 Å². The fourth-order valence-electron chi connectivity index (χ4n) is 6.20. The van der Waals surface area contributed by atoms with Crippen LogP contribution in [0.3, 0.4) is 0 Å². The maximum absolute atomic E-state index is 14.2. The van der Waals surface area contributed by atoms with Gasteiger partial charge in [0.1, 0.15) is 5.78 Å². The van der Waals surface area contributed by atoms with Crippen molar-refractivity contribution in [2.24, 2.45) is 5.92 Å². The molecule has 3 atom stereocenters. The third-order valence-electron chi connectivity index (χ3n) is 8.57. The number of nitrogens with one attached hydrogen (secondary N) is 1. The van der Waals surface area contributed by atoms with Gasteiger partial charge < -0.3 is 10.2 Å². The molecule has 0 aromatic heterocycles. The molecular weight excluding hydrogens is 549 g/mol. The number of allylic oxidation sites excluding steroid dienone is 1. The number of Topliss-reactive ketones (excluding diaryl/α,β-unsaturated/α-hetero) is 1. The molecule has 226 valence electrons. The predicted octanol–water partition coefficient (Wildman–Crippen LogP) is 9.34. The predicted molar refractivity (Wildman–Crippen MR) is 165 cm³/mol. The van der Waals surface area contributed by atoms with Crippen LogP contribution in [0, 0.1) is 5.92 Å². The van der Waals surface area contributed by atoms with E-state index in [9.17, 15) is 22.8 Å². The van der Waals surface area contributed by atoms with Crippen molar-refractivity contribution in [3.63, 3.8) is 0 Å². The average Bonchev–Trinajstić information content (AvgIpc) is 3.11. The third kappa shape index (κ3) is 6.41. The molecule has 3 aromatic carbocycles. The molecule has 3 aromatic rings. The number of anilines is 2. The summed E-state index contributed by atoms with van der Waals surface area (Å²) in [7, 11) is 0. The Hall–Kier alpha value is -3.87. The van der Waals surface area contributed by atoms with Gasteiger partial charge in [0.2, 0.25) is 5.91 Å². The first-order valence-electron chi connectivity index (χ1n) is 15.1. The van der Waals surface area contributed by atoms with Crippen molar-refractivity contribution in [1.82, 2.24) is 0 Å².